The summed E-state index contributed by atoms with van der Waals surface area (Å²) in [5.41, 5.74) is 0. The molecule has 0 aliphatic carbocycles. The molecule has 0 atom stereocenters. The summed E-state index contributed by atoms with van der Waals surface area (Å²) < 4.78 is 78.1. The largest absolute Gasteiger partial charge is 0.573 e. The Morgan fingerprint density at radius 3 is 2.23 bits per heavy atom. The average molecular weight is 468 g/mol. The Labute approximate surface area is 179 Å². The number of hydrogen-bond acceptors (Lipinski definition) is 6. The number of alkyl halides is 3. The molecular formula is C19H27F3N2O6S. The monoisotopic (exact) mass is 468 g/mol. The minimum atomic E-state index is -4.92. The molecule has 1 aliphatic rings. The van der Waals surface area contributed by atoms with Gasteiger partial charge in [0, 0.05) is 52.4 Å². The third-order valence-corrected chi connectivity index (χ3v) is 6.82. The second-order valence-electron chi connectivity index (χ2n) is 7.01. The molecule has 1 aromatic carbocycles. The molecule has 31 heavy (non-hydrogen) atoms. The van der Waals surface area contributed by atoms with Crippen molar-refractivity contribution in [3.63, 3.8) is 0 Å². The average Bonchev–Trinajstić information content (AvgIpc) is 2.72. The van der Waals surface area contributed by atoms with Crippen LogP contribution in [0.5, 0.6) is 5.75 Å². The quantitative estimate of drug-likeness (QED) is 0.523. The SMILES string of the molecule is COCCN(CCOC)C(=O)C1CCN(S(=O)(=O)c2cccc(OC(F)(F)F)c2)CC1. The van der Waals surface area contributed by atoms with Gasteiger partial charge in [-0.15, -0.1) is 13.2 Å². The molecule has 0 unspecified atom stereocenters. The molecule has 0 aromatic heterocycles. The Bertz CT molecular complexity index is 818. The molecule has 1 fully saturated rings. The molecule has 8 nitrogen and oxygen atoms in total. The smallest absolute Gasteiger partial charge is 0.406 e. The lowest BCUT2D eigenvalue weighted by Crippen LogP contribution is -2.46. The summed E-state index contributed by atoms with van der Waals surface area (Å²) in [6.07, 6.45) is -4.29. The van der Waals surface area contributed by atoms with Crippen LogP contribution in [0.15, 0.2) is 29.2 Å². The van der Waals surface area contributed by atoms with E-state index in [4.69, 9.17) is 9.47 Å². The Kier molecular flexibility index (Phi) is 9.10. The van der Waals surface area contributed by atoms with E-state index in [0.29, 0.717) is 39.1 Å². The highest BCUT2D eigenvalue weighted by Gasteiger charge is 2.35. The molecule has 0 N–H and O–H groups in total. The minimum Gasteiger partial charge on any atom is -0.406 e. The van der Waals surface area contributed by atoms with Crippen LogP contribution in [0.3, 0.4) is 0 Å². The molecule has 0 radical (unpaired) electrons. The first-order valence-corrected chi connectivity index (χ1v) is 11.1. The van der Waals surface area contributed by atoms with Gasteiger partial charge in [-0.05, 0) is 25.0 Å². The number of sulfonamides is 1. The van der Waals surface area contributed by atoms with Gasteiger partial charge in [-0.2, -0.15) is 4.31 Å². The zero-order valence-electron chi connectivity index (χ0n) is 17.4. The fourth-order valence-electron chi connectivity index (χ4n) is 3.32. The summed E-state index contributed by atoms with van der Waals surface area (Å²) in [4.78, 5) is 14.2. The van der Waals surface area contributed by atoms with Gasteiger partial charge in [0.25, 0.3) is 0 Å². The lowest BCUT2D eigenvalue weighted by Gasteiger charge is -2.33. The third-order valence-electron chi connectivity index (χ3n) is 4.92. The van der Waals surface area contributed by atoms with Crippen molar-refractivity contribution < 1.29 is 40.6 Å². The van der Waals surface area contributed by atoms with Gasteiger partial charge in [-0.1, -0.05) is 6.07 Å². The molecule has 1 aromatic rings. The number of halogens is 3. The molecule has 0 bridgehead atoms. The van der Waals surface area contributed by atoms with Gasteiger partial charge in [0.05, 0.1) is 18.1 Å². The number of rotatable bonds is 10. The fourth-order valence-corrected chi connectivity index (χ4v) is 4.82. The molecular weight excluding hydrogens is 441 g/mol. The normalized spacial score (nSPS) is 16.3. The molecule has 0 spiro atoms. The van der Waals surface area contributed by atoms with Crippen molar-refractivity contribution in [1.82, 2.24) is 9.21 Å². The molecule has 2 rings (SSSR count). The Morgan fingerprint density at radius 1 is 1.13 bits per heavy atom. The number of amides is 1. The summed E-state index contributed by atoms with van der Waals surface area (Å²) in [5, 5.41) is 0. The van der Waals surface area contributed by atoms with E-state index in [2.05, 4.69) is 4.74 Å². The highest BCUT2D eigenvalue weighted by atomic mass is 32.2. The van der Waals surface area contributed by atoms with Crippen LogP contribution in [0, 0.1) is 5.92 Å². The first-order chi connectivity index (χ1) is 14.6. The maximum atomic E-state index is 12.9. The van der Waals surface area contributed by atoms with Gasteiger partial charge in [-0.25, -0.2) is 8.42 Å². The summed E-state index contributed by atoms with van der Waals surface area (Å²) in [6.45, 7) is 1.74. The van der Waals surface area contributed by atoms with E-state index < -0.39 is 22.1 Å². The first kappa shape index (κ1) is 25.4. The van der Waals surface area contributed by atoms with Gasteiger partial charge < -0.3 is 19.1 Å². The highest BCUT2D eigenvalue weighted by Crippen LogP contribution is 2.29. The number of piperidine rings is 1. The van der Waals surface area contributed by atoms with Crippen molar-refractivity contribution in [2.24, 2.45) is 5.92 Å². The number of methoxy groups -OCH3 is 2. The molecule has 1 aliphatic heterocycles. The van der Waals surface area contributed by atoms with E-state index in [1.54, 1.807) is 4.90 Å². The van der Waals surface area contributed by atoms with Crippen LogP contribution in [0.2, 0.25) is 0 Å². The lowest BCUT2D eigenvalue weighted by atomic mass is 9.96. The second-order valence-corrected chi connectivity index (χ2v) is 8.95. The van der Waals surface area contributed by atoms with E-state index in [-0.39, 0.29) is 29.8 Å². The van der Waals surface area contributed by atoms with E-state index in [1.165, 1.54) is 30.7 Å². The minimum absolute atomic E-state index is 0.0888. The topological polar surface area (TPSA) is 85.4 Å². The number of nitrogens with zero attached hydrogens (tertiary/aromatic N) is 2. The molecule has 1 heterocycles. The second kappa shape index (κ2) is 11.1. The van der Waals surface area contributed by atoms with Crippen molar-refractivity contribution in [1.29, 1.82) is 0 Å². The molecule has 1 saturated heterocycles. The van der Waals surface area contributed by atoms with Crippen molar-refractivity contribution in [2.75, 3.05) is 53.6 Å². The zero-order chi connectivity index (χ0) is 23.1. The van der Waals surface area contributed by atoms with Crippen molar-refractivity contribution in [2.45, 2.75) is 24.1 Å². The van der Waals surface area contributed by atoms with Gasteiger partial charge in [0.15, 0.2) is 0 Å². The number of carbonyl (C=O) groups is 1. The van der Waals surface area contributed by atoms with Crippen LogP contribution in [0.4, 0.5) is 13.2 Å². The van der Waals surface area contributed by atoms with Crippen LogP contribution < -0.4 is 4.74 Å². The third kappa shape index (κ3) is 7.34. The van der Waals surface area contributed by atoms with E-state index in [0.717, 1.165) is 12.1 Å². The Morgan fingerprint density at radius 2 is 1.71 bits per heavy atom. The molecule has 1 amide bonds. The maximum Gasteiger partial charge on any atom is 0.573 e. The van der Waals surface area contributed by atoms with Gasteiger partial charge in [0.1, 0.15) is 5.75 Å². The van der Waals surface area contributed by atoms with Gasteiger partial charge >= 0.3 is 6.36 Å². The van der Waals surface area contributed by atoms with Crippen LogP contribution in [-0.2, 0) is 24.3 Å². The number of benzene rings is 1. The van der Waals surface area contributed by atoms with Crippen LogP contribution in [0.1, 0.15) is 12.8 Å². The Hall–Kier alpha value is -1.89. The van der Waals surface area contributed by atoms with Gasteiger partial charge in [-0.3, -0.25) is 4.79 Å². The predicted octanol–water partition coefficient (Wildman–Crippen LogP) is 2.11. The number of carbonyl (C=O) groups excluding carboxylic acids is 1. The fraction of sp³-hybridized carbons (Fsp3) is 0.632. The zero-order valence-corrected chi connectivity index (χ0v) is 18.2. The summed E-state index contributed by atoms with van der Waals surface area (Å²) >= 11 is 0. The molecule has 176 valence electrons. The maximum absolute atomic E-state index is 12.9. The van der Waals surface area contributed by atoms with Gasteiger partial charge in [0.2, 0.25) is 15.9 Å². The molecule has 12 heteroatoms. The number of hydrogen-bond donors (Lipinski definition) is 0. The molecule has 0 saturated carbocycles. The summed E-state index contributed by atoms with van der Waals surface area (Å²) in [6, 6.07) is 4.28. The number of ether oxygens (including phenoxy) is 3. The van der Waals surface area contributed by atoms with Crippen molar-refractivity contribution >= 4 is 15.9 Å². The van der Waals surface area contributed by atoms with E-state index in [9.17, 15) is 26.4 Å². The van der Waals surface area contributed by atoms with Crippen LogP contribution in [0.25, 0.3) is 0 Å². The van der Waals surface area contributed by atoms with Crippen molar-refractivity contribution in [3.05, 3.63) is 24.3 Å². The summed E-state index contributed by atoms with van der Waals surface area (Å²) in [5.74, 6) is -1.04. The van der Waals surface area contributed by atoms with E-state index >= 15 is 0 Å². The lowest BCUT2D eigenvalue weighted by molar-refractivity contribution is -0.274. The standard InChI is InChI=1S/C19H27F3N2O6S/c1-28-12-10-23(11-13-29-2)18(25)15-6-8-24(9-7-15)31(26,27)17-5-3-4-16(14-17)30-19(20,21)22/h3-5,14-15H,6-13H2,1-2H3. The Balaban J connectivity index is 2.04. The van der Waals surface area contributed by atoms with Crippen molar-refractivity contribution in [3.8, 4) is 5.75 Å². The first-order valence-electron chi connectivity index (χ1n) is 9.71. The van der Waals surface area contributed by atoms with Crippen LogP contribution in [-0.4, -0.2) is 83.5 Å². The highest BCUT2D eigenvalue weighted by molar-refractivity contribution is 7.89. The van der Waals surface area contributed by atoms with Crippen LogP contribution >= 0.6 is 0 Å². The summed E-state index contributed by atoms with van der Waals surface area (Å²) in [7, 11) is -0.939. The predicted molar refractivity (Wildman–Crippen MR) is 105 cm³/mol. The van der Waals surface area contributed by atoms with E-state index in [1.807, 2.05) is 0 Å².